The third-order valence-electron chi connectivity index (χ3n) is 4.51. The van der Waals surface area contributed by atoms with Crippen LogP contribution >= 0.6 is 0 Å². The van der Waals surface area contributed by atoms with Crippen molar-refractivity contribution in [3.05, 3.63) is 97.2 Å². The molecule has 0 radical (unpaired) electrons. The maximum absolute atomic E-state index is 4.86. The molecule has 0 bridgehead atoms. The molecule has 4 nitrogen and oxygen atoms in total. The molecule has 0 spiro atoms. The number of benzene rings is 3. The van der Waals surface area contributed by atoms with E-state index in [0.29, 0.717) is 5.78 Å². The highest BCUT2D eigenvalue weighted by atomic mass is 15.3. The van der Waals surface area contributed by atoms with Crippen LogP contribution in [0, 0.1) is 0 Å². The predicted molar refractivity (Wildman–Crippen MR) is 107 cm³/mol. The van der Waals surface area contributed by atoms with Crippen LogP contribution in [0.5, 0.6) is 0 Å². The molecule has 0 fully saturated rings. The molecule has 0 aliphatic heterocycles. The summed E-state index contributed by atoms with van der Waals surface area (Å²) in [7, 11) is 0. The van der Waals surface area contributed by atoms with Gasteiger partial charge in [0.2, 0.25) is 0 Å². The van der Waals surface area contributed by atoms with Gasteiger partial charge in [0.25, 0.3) is 5.78 Å². The van der Waals surface area contributed by atoms with Crippen molar-refractivity contribution in [1.82, 2.24) is 19.6 Å². The van der Waals surface area contributed by atoms with Crippen LogP contribution in [0.2, 0.25) is 0 Å². The zero-order chi connectivity index (χ0) is 18.1. The Morgan fingerprint density at radius 3 is 1.78 bits per heavy atom. The van der Waals surface area contributed by atoms with Crippen molar-refractivity contribution in [3.8, 4) is 33.8 Å². The first-order valence-corrected chi connectivity index (χ1v) is 8.82. The third kappa shape index (κ3) is 2.77. The quantitative estimate of drug-likeness (QED) is 0.454. The van der Waals surface area contributed by atoms with Crippen LogP contribution in [0.1, 0.15) is 0 Å². The van der Waals surface area contributed by atoms with Crippen molar-refractivity contribution in [1.29, 1.82) is 0 Å². The molecule has 5 rings (SSSR count). The smallest absolute Gasteiger partial charge is 0.217 e. The summed E-state index contributed by atoms with van der Waals surface area (Å²) in [5.74, 6) is 0.590. The normalized spacial score (nSPS) is 11.0. The van der Waals surface area contributed by atoms with Crippen molar-refractivity contribution >= 4 is 5.78 Å². The van der Waals surface area contributed by atoms with Gasteiger partial charge in [0.1, 0.15) is 17.1 Å². The van der Waals surface area contributed by atoms with Crippen LogP contribution in [-0.2, 0) is 0 Å². The molecule has 2 aromatic heterocycles. The Balaban J connectivity index is 1.80. The number of hydrogen-bond donors (Lipinski definition) is 0. The molecule has 5 aromatic rings. The number of nitrogens with zero attached hydrogens (tertiary/aromatic N) is 4. The van der Waals surface area contributed by atoms with Gasteiger partial charge < -0.3 is 0 Å². The minimum Gasteiger partial charge on any atom is -0.217 e. The molecule has 2 heterocycles. The molecule has 0 saturated heterocycles. The third-order valence-corrected chi connectivity index (χ3v) is 4.51. The summed E-state index contributed by atoms with van der Waals surface area (Å²) in [6, 6.07) is 30.4. The maximum atomic E-state index is 4.86. The summed E-state index contributed by atoms with van der Waals surface area (Å²) in [5.41, 5.74) is 5.78. The van der Waals surface area contributed by atoms with E-state index < -0.39 is 0 Å². The fourth-order valence-corrected chi connectivity index (χ4v) is 3.22. The second-order valence-corrected chi connectivity index (χ2v) is 6.26. The molecule has 0 unspecified atom stereocenters. The second kappa shape index (κ2) is 6.50. The lowest BCUT2D eigenvalue weighted by molar-refractivity contribution is 0.915. The van der Waals surface area contributed by atoms with Gasteiger partial charge in [0, 0.05) is 16.7 Å². The molecule has 0 aliphatic rings. The van der Waals surface area contributed by atoms with Crippen molar-refractivity contribution in [2.75, 3.05) is 0 Å². The Bertz CT molecular complexity index is 1200. The van der Waals surface area contributed by atoms with E-state index in [4.69, 9.17) is 10.1 Å². The van der Waals surface area contributed by atoms with Gasteiger partial charge in [0.15, 0.2) is 0 Å². The van der Waals surface area contributed by atoms with E-state index in [2.05, 4.69) is 29.2 Å². The Hall–Kier alpha value is -3.79. The lowest BCUT2D eigenvalue weighted by Crippen LogP contribution is -1.99. The van der Waals surface area contributed by atoms with Crippen LogP contribution < -0.4 is 0 Å². The second-order valence-electron chi connectivity index (χ2n) is 6.26. The van der Waals surface area contributed by atoms with E-state index in [9.17, 15) is 0 Å². The SMILES string of the molecule is c1ccc(-c2cnc3nc(-c4ccccc4)c(-c4ccccc4)n3n2)cc1. The maximum Gasteiger partial charge on any atom is 0.251 e. The van der Waals surface area contributed by atoms with E-state index in [1.807, 2.05) is 71.2 Å². The molecule has 0 N–H and O–H groups in total. The Morgan fingerprint density at radius 1 is 0.593 bits per heavy atom. The first-order valence-electron chi connectivity index (χ1n) is 8.82. The number of aromatic nitrogens is 4. The summed E-state index contributed by atoms with van der Waals surface area (Å²) in [6.45, 7) is 0. The van der Waals surface area contributed by atoms with Crippen molar-refractivity contribution in [3.63, 3.8) is 0 Å². The highest BCUT2D eigenvalue weighted by Gasteiger charge is 2.18. The van der Waals surface area contributed by atoms with E-state index in [-0.39, 0.29) is 0 Å². The zero-order valence-corrected chi connectivity index (χ0v) is 14.5. The minimum atomic E-state index is 0.590. The molecular formula is C23H16N4. The number of imidazole rings is 1. The zero-order valence-electron chi connectivity index (χ0n) is 14.5. The van der Waals surface area contributed by atoms with E-state index >= 15 is 0 Å². The monoisotopic (exact) mass is 348 g/mol. The summed E-state index contributed by atoms with van der Waals surface area (Å²) in [4.78, 5) is 9.36. The van der Waals surface area contributed by atoms with Gasteiger partial charge in [-0.25, -0.2) is 9.97 Å². The molecule has 0 saturated carbocycles. The van der Waals surface area contributed by atoms with Gasteiger partial charge in [-0.05, 0) is 0 Å². The van der Waals surface area contributed by atoms with Crippen molar-refractivity contribution in [2.24, 2.45) is 0 Å². The lowest BCUT2D eigenvalue weighted by Gasteiger charge is -2.06. The fourth-order valence-electron chi connectivity index (χ4n) is 3.22. The number of hydrogen-bond acceptors (Lipinski definition) is 3. The lowest BCUT2D eigenvalue weighted by atomic mass is 10.1. The average molecular weight is 348 g/mol. The molecule has 0 aliphatic carbocycles. The minimum absolute atomic E-state index is 0.590. The van der Waals surface area contributed by atoms with Gasteiger partial charge in [0.05, 0.1) is 6.20 Å². The van der Waals surface area contributed by atoms with Crippen LogP contribution in [0.25, 0.3) is 39.5 Å². The van der Waals surface area contributed by atoms with Crippen molar-refractivity contribution < 1.29 is 0 Å². The summed E-state index contributed by atoms with van der Waals surface area (Å²) >= 11 is 0. The molecule has 128 valence electrons. The molecular weight excluding hydrogens is 332 g/mol. The summed E-state index contributed by atoms with van der Waals surface area (Å²) < 4.78 is 1.85. The van der Waals surface area contributed by atoms with Crippen molar-refractivity contribution in [2.45, 2.75) is 0 Å². The van der Waals surface area contributed by atoms with Crippen LogP contribution in [0.15, 0.2) is 97.2 Å². The Kier molecular flexibility index (Phi) is 3.72. The fraction of sp³-hybridized carbons (Fsp3) is 0. The van der Waals surface area contributed by atoms with Crippen LogP contribution in [-0.4, -0.2) is 19.6 Å². The van der Waals surface area contributed by atoms with Gasteiger partial charge in [-0.3, -0.25) is 0 Å². The molecule has 0 amide bonds. The first-order chi connectivity index (χ1) is 13.4. The molecule has 4 heteroatoms. The molecule has 3 aromatic carbocycles. The number of fused-ring (bicyclic) bond motifs is 1. The molecule has 27 heavy (non-hydrogen) atoms. The van der Waals surface area contributed by atoms with E-state index in [1.54, 1.807) is 6.20 Å². The van der Waals surface area contributed by atoms with Gasteiger partial charge in [-0.15, -0.1) is 0 Å². The summed E-state index contributed by atoms with van der Waals surface area (Å²) in [6.07, 6.45) is 1.78. The highest BCUT2D eigenvalue weighted by Crippen LogP contribution is 2.32. The average Bonchev–Trinajstić information content (AvgIpc) is 3.14. The molecule has 0 atom stereocenters. The van der Waals surface area contributed by atoms with Gasteiger partial charge in [-0.1, -0.05) is 91.0 Å². The Labute approximate surface area is 156 Å². The van der Waals surface area contributed by atoms with Crippen LogP contribution in [0.4, 0.5) is 0 Å². The van der Waals surface area contributed by atoms with Gasteiger partial charge in [-0.2, -0.15) is 9.61 Å². The largest absolute Gasteiger partial charge is 0.251 e. The summed E-state index contributed by atoms with van der Waals surface area (Å²) in [5, 5.41) is 4.86. The number of rotatable bonds is 3. The standard InChI is InChI=1S/C23H16N4/c1-4-10-17(11-5-1)20-16-24-23-25-21(18-12-6-2-7-13-18)22(27(23)26-20)19-14-8-3-9-15-19/h1-16H. The van der Waals surface area contributed by atoms with Crippen LogP contribution in [0.3, 0.4) is 0 Å². The topological polar surface area (TPSA) is 43.1 Å². The highest BCUT2D eigenvalue weighted by molar-refractivity contribution is 5.81. The van der Waals surface area contributed by atoms with E-state index in [1.165, 1.54) is 0 Å². The Morgan fingerprint density at radius 2 is 1.15 bits per heavy atom. The van der Waals surface area contributed by atoms with Gasteiger partial charge >= 0.3 is 0 Å². The van der Waals surface area contributed by atoms with E-state index in [0.717, 1.165) is 33.8 Å². The predicted octanol–water partition coefficient (Wildman–Crippen LogP) is 5.13. The first kappa shape index (κ1) is 15.5.